The minimum atomic E-state index is -4.09. The van der Waals surface area contributed by atoms with E-state index in [0.29, 0.717) is 12.1 Å². The number of nitrogens with zero attached hydrogens (tertiary/aromatic N) is 2. The van der Waals surface area contributed by atoms with Gasteiger partial charge in [0.2, 0.25) is 0 Å². The maximum Gasteiger partial charge on any atom is 0.268 e. The van der Waals surface area contributed by atoms with Gasteiger partial charge in [-0.15, -0.1) is 0 Å². The largest absolute Gasteiger partial charge is 0.399 e. The second-order valence-electron chi connectivity index (χ2n) is 9.25. The third-order valence-electron chi connectivity index (χ3n) is 5.24. The van der Waals surface area contributed by atoms with Gasteiger partial charge in [0.15, 0.2) is 0 Å². The highest BCUT2D eigenvalue weighted by Gasteiger charge is 2.26. The van der Waals surface area contributed by atoms with Crippen molar-refractivity contribution >= 4 is 15.9 Å². The topological polar surface area (TPSA) is 107 Å². The summed E-state index contributed by atoms with van der Waals surface area (Å²) in [5, 5.41) is 4.66. The summed E-state index contributed by atoms with van der Waals surface area (Å²) in [5.74, 6) is -0.734. The van der Waals surface area contributed by atoms with E-state index in [2.05, 4.69) is 28.5 Å². The zero-order chi connectivity index (χ0) is 25.1. The minimum absolute atomic E-state index is 0.0820. The summed E-state index contributed by atoms with van der Waals surface area (Å²) in [6, 6.07) is 4.17. The third kappa shape index (κ3) is 6.44. The molecule has 1 aromatic carbocycles. The van der Waals surface area contributed by atoms with Gasteiger partial charge in [-0.3, -0.25) is 9.48 Å². The summed E-state index contributed by atoms with van der Waals surface area (Å²) in [6.07, 6.45) is 6.21. The molecule has 0 fully saturated rings. The van der Waals surface area contributed by atoms with Gasteiger partial charge in [-0.25, -0.2) is 13.1 Å². The van der Waals surface area contributed by atoms with Crippen molar-refractivity contribution in [3.05, 3.63) is 87.2 Å². The number of hydrogen-bond acceptors (Lipinski definition) is 5. The Hall–Kier alpha value is -3.13. The molecule has 0 unspecified atom stereocenters. The van der Waals surface area contributed by atoms with E-state index in [1.807, 2.05) is 41.5 Å². The molecule has 0 saturated heterocycles. The van der Waals surface area contributed by atoms with Crippen molar-refractivity contribution < 1.29 is 13.2 Å². The fourth-order valence-electron chi connectivity index (χ4n) is 3.48. The van der Waals surface area contributed by atoms with Gasteiger partial charge in [-0.1, -0.05) is 30.4 Å². The highest BCUT2D eigenvalue weighted by Crippen LogP contribution is 2.24. The lowest BCUT2D eigenvalue weighted by molar-refractivity contribution is 0.0980. The number of allylic oxidation sites excluding steroid dienone is 4. The summed E-state index contributed by atoms with van der Waals surface area (Å²) in [4.78, 5) is 13.0. The molecule has 33 heavy (non-hydrogen) atoms. The number of aromatic nitrogens is 2. The van der Waals surface area contributed by atoms with Gasteiger partial charge in [-0.2, -0.15) is 5.10 Å². The van der Waals surface area contributed by atoms with Crippen LogP contribution < -0.4 is 10.5 Å². The van der Waals surface area contributed by atoms with E-state index in [-0.39, 0.29) is 21.7 Å². The molecule has 2 rings (SSSR count). The van der Waals surface area contributed by atoms with Crippen LogP contribution in [0.5, 0.6) is 0 Å². The molecule has 1 aromatic heterocycles. The van der Waals surface area contributed by atoms with Crippen LogP contribution in [-0.2, 0) is 22.0 Å². The Balaban J connectivity index is 2.49. The number of sulfonamides is 1. The SMILES string of the molecule is C=C/C=C(N)\C=C(/C)S(=O)(=O)NC(=O)c1cn(C(C)(C)C)nc1Cc1c(C)cc(C)cc1C. The number of rotatable bonds is 7. The number of benzene rings is 1. The van der Waals surface area contributed by atoms with Crippen LogP contribution in [0.25, 0.3) is 0 Å². The Kier molecular flexibility index (Phi) is 7.75. The number of nitrogens with one attached hydrogen (secondary N) is 1. The molecular weight excluding hydrogens is 436 g/mol. The predicted molar refractivity (Wildman–Crippen MR) is 133 cm³/mol. The first-order valence-electron chi connectivity index (χ1n) is 10.6. The Morgan fingerprint density at radius 1 is 1.21 bits per heavy atom. The van der Waals surface area contributed by atoms with Crippen molar-refractivity contribution in [2.75, 3.05) is 0 Å². The van der Waals surface area contributed by atoms with Gasteiger partial charge in [0.05, 0.1) is 21.7 Å². The van der Waals surface area contributed by atoms with Crippen LogP contribution in [0.15, 0.2) is 53.7 Å². The molecule has 0 atom stereocenters. The highest BCUT2D eigenvalue weighted by atomic mass is 32.2. The van der Waals surface area contributed by atoms with Gasteiger partial charge in [0.25, 0.3) is 15.9 Å². The van der Waals surface area contributed by atoms with Crippen molar-refractivity contribution in [1.29, 1.82) is 0 Å². The summed E-state index contributed by atoms with van der Waals surface area (Å²) in [6.45, 7) is 16.9. The molecule has 0 aliphatic carbocycles. The standard InChI is InChI=1S/C25H34N4O3S/c1-9-10-20(26)13-19(5)33(31,32)28-24(30)22-15-29(25(6,7)8)27-23(22)14-21-17(3)11-16(2)12-18(21)4/h9-13,15H,1,14,26H2,2-8H3,(H,28,30)/b19-13+,20-10+. The van der Waals surface area contributed by atoms with Crippen LogP contribution in [0, 0.1) is 20.8 Å². The lowest BCUT2D eigenvalue weighted by Gasteiger charge is -2.19. The van der Waals surface area contributed by atoms with E-state index in [1.165, 1.54) is 25.2 Å². The zero-order valence-electron chi connectivity index (χ0n) is 20.5. The summed E-state index contributed by atoms with van der Waals surface area (Å²) in [7, 11) is -4.09. The molecular formula is C25H34N4O3S. The van der Waals surface area contributed by atoms with Crippen LogP contribution in [0.1, 0.15) is 66.0 Å². The van der Waals surface area contributed by atoms with Crippen molar-refractivity contribution in [2.45, 2.75) is 60.4 Å². The van der Waals surface area contributed by atoms with E-state index >= 15 is 0 Å². The maximum absolute atomic E-state index is 13.1. The number of nitrogens with two attached hydrogens (primary N) is 1. The summed E-state index contributed by atoms with van der Waals surface area (Å²) < 4.78 is 29.3. The molecule has 8 heteroatoms. The van der Waals surface area contributed by atoms with Crippen LogP contribution in [0.4, 0.5) is 0 Å². The molecule has 1 heterocycles. The van der Waals surface area contributed by atoms with Crippen molar-refractivity contribution in [1.82, 2.24) is 14.5 Å². The van der Waals surface area contributed by atoms with E-state index in [9.17, 15) is 13.2 Å². The van der Waals surface area contributed by atoms with Gasteiger partial charge >= 0.3 is 0 Å². The molecule has 0 saturated carbocycles. The Labute approximate surface area is 197 Å². The molecule has 3 N–H and O–H groups in total. The molecule has 0 aliphatic rings. The first-order chi connectivity index (χ1) is 15.2. The van der Waals surface area contributed by atoms with Crippen molar-refractivity contribution in [3.8, 4) is 0 Å². The highest BCUT2D eigenvalue weighted by molar-refractivity contribution is 7.93. The number of carbonyl (C=O) groups is 1. The van der Waals surface area contributed by atoms with E-state index in [0.717, 1.165) is 22.3 Å². The average Bonchev–Trinajstić information content (AvgIpc) is 3.09. The number of aryl methyl sites for hydroxylation is 3. The van der Waals surface area contributed by atoms with Crippen molar-refractivity contribution in [3.63, 3.8) is 0 Å². The Bertz CT molecular complexity index is 1220. The van der Waals surface area contributed by atoms with Crippen LogP contribution in [-0.4, -0.2) is 24.1 Å². The van der Waals surface area contributed by atoms with E-state index < -0.39 is 15.9 Å². The minimum Gasteiger partial charge on any atom is -0.399 e. The van der Waals surface area contributed by atoms with E-state index in [1.54, 1.807) is 10.9 Å². The predicted octanol–water partition coefficient (Wildman–Crippen LogP) is 4.15. The lowest BCUT2D eigenvalue weighted by atomic mass is 9.95. The Morgan fingerprint density at radius 2 is 1.79 bits per heavy atom. The average molecular weight is 471 g/mol. The molecule has 7 nitrogen and oxygen atoms in total. The van der Waals surface area contributed by atoms with Crippen LogP contribution in [0.3, 0.4) is 0 Å². The number of hydrogen-bond donors (Lipinski definition) is 2. The molecule has 178 valence electrons. The molecule has 2 aromatic rings. The zero-order valence-corrected chi connectivity index (χ0v) is 21.3. The second-order valence-corrected chi connectivity index (χ2v) is 11.1. The monoisotopic (exact) mass is 470 g/mol. The fourth-order valence-corrected chi connectivity index (χ4v) is 4.29. The number of carbonyl (C=O) groups excluding carboxylic acids is 1. The molecule has 0 spiro atoms. The second kappa shape index (κ2) is 9.79. The quantitative estimate of drug-likeness (QED) is 0.591. The van der Waals surface area contributed by atoms with Crippen LogP contribution >= 0.6 is 0 Å². The maximum atomic E-state index is 13.1. The smallest absolute Gasteiger partial charge is 0.268 e. The van der Waals surface area contributed by atoms with Crippen molar-refractivity contribution in [2.24, 2.45) is 5.73 Å². The molecule has 0 bridgehead atoms. The van der Waals surface area contributed by atoms with E-state index in [4.69, 9.17) is 5.73 Å². The first kappa shape index (κ1) is 26.1. The molecule has 0 aliphatic heterocycles. The number of amides is 1. The molecule has 0 radical (unpaired) electrons. The summed E-state index contributed by atoms with van der Waals surface area (Å²) >= 11 is 0. The third-order valence-corrected chi connectivity index (χ3v) is 6.66. The normalized spacial score (nSPS) is 13.2. The van der Waals surface area contributed by atoms with Gasteiger partial charge in [0.1, 0.15) is 0 Å². The fraction of sp³-hybridized carbons (Fsp3) is 0.360. The lowest BCUT2D eigenvalue weighted by Crippen LogP contribution is -2.31. The first-order valence-corrected chi connectivity index (χ1v) is 12.1. The van der Waals surface area contributed by atoms with Crippen LogP contribution in [0.2, 0.25) is 0 Å². The van der Waals surface area contributed by atoms with Gasteiger partial charge < -0.3 is 5.73 Å². The Morgan fingerprint density at radius 3 is 2.30 bits per heavy atom. The molecule has 1 amide bonds. The van der Waals surface area contributed by atoms with Gasteiger partial charge in [0, 0.05) is 18.3 Å². The van der Waals surface area contributed by atoms with Gasteiger partial charge in [-0.05, 0) is 77.3 Å². The summed E-state index contributed by atoms with van der Waals surface area (Å²) in [5.41, 5.74) is 10.7.